The third-order valence-electron chi connectivity index (χ3n) is 2.57. The van der Waals surface area contributed by atoms with Crippen LogP contribution in [0.1, 0.15) is 47.5 Å². The van der Waals surface area contributed by atoms with Crippen LogP contribution >= 0.6 is 0 Å². The van der Waals surface area contributed by atoms with Gasteiger partial charge in [-0.05, 0) is 11.3 Å². The molecule has 72 valence electrons. The first-order chi connectivity index (χ1) is 5.45. The number of hydrogen-bond donors (Lipinski definition) is 0. The molecule has 0 heterocycles. The molecule has 0 saturated carbocycles. The Morgan fingerprint density at radius 1 is 1.25 bits per heavy atom. The van der Waals surface area contributed by atoms with Gasteiger partial charge in [-0.15, -0.1) is 0 Å². The standard InChI is InChI=1S/C11H25B/c1-6-10(2)7-8-12-9-11(3,4)5/h10,12H,6-9H2,1-5H3. The van der Waals surface area contributed by atoms with Crippen molar-refractivity contribution < 1.29 is 0 Å². The van der Waals surface area contributed by atoms with E-state index in [9.17, 15) is 0 Å². The van der Waals surface area contributed by atoms with Gasteiger partial charge in [-0.3, -0.25) is 0 Å². The van der Waals surface area contributed by atoms with Crippen LogP contribution in [-0.2, 0) is 0 Å². The molecule has 0 aromatic carbocycles. The average molecular weight is 168 g/mol. The molecule has 0 aromatic heterocycles. The van der Waals surface area contributed by atoms with E-state index in [0.717, 1.165) is 5.92 Å². The van der Waals surface area contributed by atoms with Gasteiger partial charge in [0.2, 0.25) is 0 Å². The Kier molecular flexibility index (Phi) is 5.70. The van der Waals surface area contributed by atoms with Crippen LogP contribution in [0.15, 0.2) is 0 Å². The molecule has 1 atom stereocenters. The second kappa shape index (κ2) is 5.67. The first-order valence-corrected chi connectivity index (χ1v) is 5.45. The van der Waals surface area contributed by atoms with E-state index in [1.165, 1.54) is 32.8 Å². The Balaban J connectivity index is 3.22. The SMILES string of the molecule is CCC(C)CCBCC(C)(C)C. The quantitative estimate of drug-likeness (QED) is 0.433. The normalized spacial score (nSPS) is 14.4. The van der Waals surface area contributed by atoms with E-state index >= 15 is 0 Å². The maximum Gasteiger partial charge on any atom is 0.121 e. The average Bonchev–Trinajstić information content (AvgIpc) is 1.96. The van der Waals surface area contributed by atoms with E-state index in [1.807, 2.05) is 0 Å². The summed E-state index contributed by atoms with van der Waals surface area (Å²) < 4.78 is 0. The maximum atomic E-state index is 2.36. The van der Waals surface area contributed by atoms with E-state index < -0.39 is 0 Å². The van der Waals surface area contributed by atoms with Gasteiger partial charge in [0.05, 0.1) is 0 Å². The maximum absolute atomic E-state index is 2.36. The molecule has 0 nitrogen and oxygen atoms in total. The summed E-state index contributed by atoms with van der Waals surface area (Å²) in [5, 5.41) is 0. The summed E-state index contributed by atoms with van der Waals surface area (Å²) in [4.78, 5) is 0. The van der Waals surface area contributed by atoms with Crippen LogP contribution in [0.2, 0.25) is 12.6 Å². The van der Waals surface area contributed by atoms with Gasteiger partial charge >= 0.3 is 0 Å². The topological polar surface area (TPSA) is 0 Å². The minimum atomic E-state index is 0.537. The van der Waals surface area contributed by atoms with Crippen molar-refractivity contribution >= 4 is 7.28 Å². The zero-order chi connectivity index (χ0) is 9.61. The summed E-state index contributed by atoms with van der Waals surface area (Å²) in [6.07, 6.45) is 5.57. The van der Waals surface area contributed by atoms with Crippen LogP contribution in [0.4, 0.5) is 0 Å². The Morgan fingerprint density at radius 3 is 2.25 bits per heavy atom. The molecule has 12 heavy (non-hydrogen) atoms. The second-order valence-corrected chi connectivity index (χ2v) is 5.32. The van der Waals surface area contributed by atoms with Crippen molar-refractivity contribution in [3.05, 3.63) is 0 Å². The molecule has 0 radical (unpaired) electrons. The zero-order valence-corrected chi connectivity index (χ0v) is 9.61. The minimum absolute atomic E-state index is 0.537. The van der Waals surface area contributed by atoms with Gasteiger partial charge in [-0.1, -0.05) is 60.1 Å². The van der Waals surface area contributed by atoms with E-state index in [1.54, 1.807) is 0 Å². The molecule has 1 heteroatoms. The number of rotatable bonds is 5. The van der Waals surface area contributed by atoms with Crippen molar-refractivity contribution in [3.8, 4) is 0 Å². The fraction of sp³-hybridized carbons (Fsp3) is 1.00. The molecule has 1 unspecified atom stereocenters. The monoisotopic (exact) mass is 168 g/mol. The van der Waals surface area contributed by atoms with Gasteiger partial charge in [0.25, 0.3) is 0 Å². The van der Waals surface area contributed by atoms with Crippen LogP contribution in [0.3, 0.4) is 0 Å². The van der Waals surface area contributed by atoms with Gasteiger partial charge in [0, 0.05) is 0 Å². The summed E-state index contributed by atoms with van der Waals surface area (Å²) in [6.45, 7) is 11.6. The lowest BCUT2D eigenvalue weighted by atomic mass is 9.61. The van der Waals surface area contributed by atoms with Crippen LogP contribution < -0.4 is 0 Å². The summed E-state index contributed by atoms with van der Waals surface area (Å²) in [5.41, 5.74) is 0.537. The van der Waals surface area contributed by atoms with E-state index in [0.29, 0.717) is 5.41 Å². The van der Waals surface area contributed by atoms with Crippen LogP contribution in [0.5, 0.6) is 0 Å². The van der Waals surface area contributed by atoms with Gasteiger partial charge in [-0.25, -0.2) is 0 Å². The fourth-order valence-corrected chi connectivity index (χ4v) is 1.35. The van der Waals surface area contributed by atoms with E-state index in [4.69, 9.17) is 0 Å². The minimum Gasteiger partial charge on any atom is -0.0772 e. The third-order valence-corrected chi connectivity index (χ3v) is 2.57. The molecule has 0 aliphatic carbocycles. The summed E-state index contributed by atoms with van der Waals surface area (Å²) in [7, 11) is 1.41. The van der Waals surface area contributed by atoms with Crippen molar-refractivity contribution in [1.29, 1.82) is 0 Å². The van der Waals surface area contributed by atoms with Crippen molar-refractivity contribution in [3.63, 3.8) is 0 Å². The van der Waals surface area contributed by atoms with Crippen molar-refractivity contribution in [2.45, 2.75) is 60.1 Å². The van der Waals surface area contributed by atoms with E-state index in [2.05, 4.69) is 34.6 Å². The fourth-order valence-electron chi connectivity index (χ4n) is 1.35. The van der Waals surface area contributed by atoms with Crippen molar-refractivity contribution in [2.75, 3.05) is 0 Å². The van der Waals surface area contributed by atoms with E-state index in [-0.39, 0.29) is 0 Å². The number of hydrogen-bond acceptors (Lipinski definition) is 0. The molecule has 0 aliphatic heterocycles. The highest BCUT2D eigenvalue weighted by atomic mass is 14.1. The predicted octanol–water partition coefficient (Wildman–Crippen LogP) is 3.74. The lowest BCUT2D eigenvalue weighted by Crippen LogP contribution is -2.08. The lowest BCUT2D eigenvalue weighted by molar-refractivity contribution is 0.464. The smallest absolute Gasteiger partial charge is 0.0772 e. The second-order valence-electron chi connectivity index (χ2n) is 5.32. The highest BCUT2D eigenvalue weighted by molar-refractivity contribution is 6.35. The highest BCUT2D eigenvalue weighted by Gasteiger charge is 2.10. The van der Waals surface area contributed by atoms with Crippen LogP contribution in [-0.4, -0.2) is 7.28 Å². The molecule has 0 rings (SSSR count). The predicted molar refractivity (Wildman–Crippen MR) is 60.3 cm³/mol. The van der Waals surface area contributed by atoms with Crippen molar-refractivity contribution in [2.24, 2.45) is 11.3 Å². The zero-order valence-electron chi connectivity index (χ0n) is 9.61. The Labute approximate surface area is 79.4 Å². The van der Waals surface area contributed by atoms with Crippen LogP contribution in [0, 0.1) is 11.3 Å². The van der Waals surface area contributed by atoms with Crippen molar-refractivity contribution in [1.82, 2.24) is 0 Å². The van der Waals surface area contributed by atoms with Gasteiger partial charge in [0.1, 0.15) is 7.28 Å². The third kappa shape index (κ3) is 8.16. The molecule has 0 amide bonds. The van der Waals surface area contributed by atoms with Gasteiger partial charge in [-0.2, -0.15) is 0 Å². The molecular formula is C11H25B. The largest absolute Gasteiger partial charge is 0.121 e. The molecular weight excluding hydrogens is 143 g/mol. The first kappa shape index (κ1) is 12.1. The molecule has 0 fully saturated rings. The first-order valence-electron chi connectivity index (χ1n) is 5.45. The lowest BCUT2D eigenvalue weighted by Gasteiger charge is -2.17. The summed E-state index contributed by atoms with van der Waals surface area (Å²) in [6, 6.07) is 0. The Hall–Kier alpha value is 0.0649. The highest BCUT2D eigenvalue weighted by Crippen LogP contribution is 2.20. The molecule has 0 spiro atoms. The molecule has 0 aliphatic rings. The van der Waals surface area contributed by atoms with Crippen LogP contribution in [0.25, 0.3) is 0 Å². The Morgan fingerprint density at radius 2 is 1.83 bits per heavy atom. The van der Waals surface area contributed by atoms with Gasteiger partial charge in [0.15, 0.2) is 0 Å². The Bertz CT molecular complexity index is 102. The summed E-state index contributed by atoms with van der Waals surface area (Å²) in [5.74, 6) is 0.935. The summed E-state index contributed by atoms with van der Waals surface area (Å²) >= 11 is 0. The molecule has 0 aromatic rings. The van der Waals surface area contributed by atoms with Gasteiger partial charge < -0.3 is 0 Å². The molecule has 0 bridgehead atoms. The molecule has 0 N–H and O–H groups in total. The molecule has 0 saturated heterocycles.